The number of hydrogen-bond acceptors (Lipinski definition) is 2. The number of rotatable bonds is 4. The van der Waals surface area contributed by atoms with Crippen LogP contribution in [0.25, 0.3) is 11.3 Å². The highest BCUT2D eigenvalue weighted by molar-refractivity contribution is 6.30. The summed E-state index contributed by atoms with van der Waals surface area (Å²) in [5.74, 6) is 0. The number of halogens is 1. The SMILES string of the molecule is OCc1cc(-c2ccccc2)n(Cc2cccc(Cl)c2)n1. The zero-order valence-corrected chi connectivity index (χ0v) is 12.2. The molecule has 106 valence electrons. The molecule has 0 aliphatic heterocycles. The van der Waals surface area contributed by atoms with Gasteiger partial charge in [-0.2, -0.15) is 5.10 Å². The van der Waals surface area contributed by atoms with Crippen molar-refractivity contribution in [3.63, 3.8) is 0 Å². The smallest absolute Gasteiger partial charge is 0.0885 e. The van der Waals surface area contributed by atoms with Gasteiger partial charge in [-0.25, -0.2) is 0 Å². The van der Waals surface area contributed by atoms with Gasteiger partial charge in [0.25, 0.3) is 0 Å². The van der Waals surface area contributed by atoms with Crippen molar-refractivity contribution in [2.45, 2.75) is 13.2 Å². The van der Waals surface area contributed by atoms with Crippen LogP contribution in [0.15, 0.2) is 60.7 Å². The molecular formula is C17H15ClN2O. The summed E-state index contributed by atoms with van der Waals surface area (Å²) in [4.78, 5) is 0. The molecule has 3 nitrogen and oxygen atoms in total. The molecule has 21 heavy (non-hydrogen) atoms. The van der Waals surface area contributed by atoms with Crippen LogP contribution in [0, 0.1) is 0 Å². The minimum absolute atomic E-state index is 0.0671. The second-order valence-electron chi connectivity index (χ2n) is 4.83. The van der Waals surface area contributed by atoms with Crippen molar-refractivity contribution >= 4 is 11.6 Å². The fourth-order valence-corrected chi connectivity index (χ4v) is 2.53. The minimum atomic E-state index is -0.0671. The number of aliphatic hydroxyl groups excluding tert-OH is 1. The standard InChI is InChI=1S/C17H15ClN2O/c18-15-8-4-5-13(9-15)11-20-17(10-16(12-21)19-20)14-6-2-1-3-7-14/h1-10,21H,11-12H2. The van der Waals surface area contributed by atoms with Crippen LogP contribution in [-0.4, -0.2) is 14.9 Å². The first-order valence-electron chi connectivity index (χ1n) is 6.74. The Kier molecular flexibility index (Phi) is 4.04. The average molecular weight is 299 g/mol. The molecule has 3 aromatic rings. The van der Waals surface area contributed by atoms with E-state index < -0.39 is 0 Å². The highest BCUT2D eigenvalue weighted by atomic mass is 35.5. The van der Waals surface area contributed by atoms with Gasteiger partial charge in [0.15, 0.2) is 0 Å². The predicted octanol–water partition coefficient (Wildman–Crippen LogP) is 3.74. The van der Waals surface area contributed by atoms with E-state index in [1.807, 2.05) is 65.3 Å². The van der Waals surface area contributed by atoms with E-state index in [0.717, 1.165) is 16.8 Å². The Morgan fingerprint density at radius 2 is 1.81 bits per heavy atom. The van der Waals surface area contributed by atoms with Crippen LogP contribution in [0.3, 0.4) is 0 Å². The Balaban J connectivity index is 2.00. The Morgan fingerprint density at radius 1 is 1.00 bits per heavy atom. The van der Waals surface area contributed by atoms with Crippen LogP contribution in [-0.2, 0) is 13.2 Å². The second-order valence-corrected chi connectivity index (χ2v) is 5.27. The molecule has 0 unspecified atom stereocenters. The third-order valence-electron chi connectivity index (χ3n) is 3.28. The Hall–Kier alpha value is -2.10. The third kappa shape index (κ3) is 3.15. The highest BCUT2D eigenvalue weighted by Crippen LogP contribution is 2.22. The molecule has 0 radical (unpaired) electrons. The summed E-state index contributed by atoms with van der Waals surface area (Å²) in [7, 11) is 0. The lowest BCUT2D eigenvalue weighted by Gasteiger charge is -2.08. The van der Waals surface area contributed by atoms with Crippen molar-refractivity contribution < 1.29 is 5.11 Å². The molecule has 1 aromatic heterocycles. The van der Waals surface area contributed by atoms with Crippen LogP contribution < -0.4 is 0 Å². The molecule has 2 aromatic carbocycles. The first kappa shape index (κ1) is 13.9. The summed E-state index contributed by atoms with van der Waals surface area (Å²) in [6, 6.07) is 19.7. The van der Waals surface area contributed by atoms with Crippen LogP contribution in [0.2, 0.25) is 5.02 Å². The van der Waals surface area contributed by atoms with E-state index in [1.54, 1.807) is 0 Å². The largest absolute Gasteiger partial charge is 0.390 e. The van der Waals surface area contributed by atoms with Crippen LogP contribution in [0.5, 0.6) is 0 Å². The van der Waals surface area contributed by atoms with Gasteiger partial charge in [-0.05, 0) is 29.3 Å². The lowest BCUT2D eigenvalue weighted by molar-refractivity contribution is 0.275. The number of aliphatic hydroxyl groups is 1. The number of nitrogens with zero attached hydrogens (tertiary/aromatic N) is 2. The Bertz CT molecular complexity index is 738. The lowest BCUT2D eigenvalue weighted by atomic mass is 10.1. The van der Waals surface area contributed by atoms with Crippen LogP contribution >= 0.6 is 11.6 Å². The van der Waals surface area contributed by atoms with Gasteiger partial charge < -0.3 is 5.11 Å². The van der Waals surface area contributed by atoms with Crippen molar-refractivity contribution in [1.29, 1.82) is 0 Å². The Labute approximate surface area is 128 Å². The lowest BCUT2D eigenvalue weighted by Crippen LogP contribution is -2.04. The zero-order chi connectivity index (χ0) is 14.7. The molecule has 0 amide bonds. The van der Waals surface area contributed by atoms with Gasteiger partial charge in [-0.1, -0.05) is 54.1 Å². The maximum absolute atomic E-state index is 9.34. The summed E-state index contributed by atoms with van der Waals surface area (Å²) < 4.78 is 1.90. The van der Waals surface area contributed by atoms with E-state index in [9.17, 15) is 5.11 Å². The van der Waals surface area contributed by atoms with E-state index in [-0.39, 0.29) is 6.61 Å². The Morgan fingerprint density at radius 3 is 2.52 bits per heavy atom. The maximum Gasteiger partial charge on any atom is 0.0885 e. The quantitative estimate of drug-likeness (QED) is 0.797. The summed E-state index contributed by atoms with van der Waals surface area (Å²) >= 11 is 6.03. The summed E-state index contributed by atoms with van der Waals surface area (Å²) in [6.45, 7) is 0.549. The van der Waals surface area contributed by atoms with E-state index in [0.29, 0.717) is 17.3 Å². The molecule has 3 rings (SSSR count). The van der Waals surface area contributed by atoms with Crippen LogP contribution in [0.4, 0.5) is 0 Å². The summed E-state index contributed by atoms with van der Waals surface area (Å²) in [5.41, 5.74) is 3.80. The topological polar surface area (TPSA) is 38.0 Å². The molecule has 4 heteroatoms. The first-order valence-corrected chi connectivity index (χ1v) is 7.11. The van der Waals surface area contributed by atoms with E-state index in [2.05, 4.69) is 5.10 Å². The van der Waals surface area contributed by atoms with Crippen LogP contribution in [0.1, 0.15) is 11.3 Å². The number of hydrogen-bond donors (Lipinski definition) is 1. The summed E-state index contributed by atoms with van der Waals surface area (Å²) in [5, 5.41) is 14.5. The van der Waals surface area contributed by atoms with Crippen molar-refractivity contribution in [3.8, 4) is 11.3 Å². The van der Waals surface area contributed by atoms with Crippen molar-refractivity contribution in [2.24, 2.45) is 0 Å². The van der Waals surface area contributed by atoms with Gasteiger partial charge in [0.1, 0.15) is 0 Å². The zero-order valence-electron chi connectivity index (χ0n) is 11.4. The third-order valence-corrected chi connectivity index (χ3v) is 3.52. The molecule has 0 atom stereocenters. The summed E-state index contributed by atoms with van der Waals surface area (Å²) in [6.07, 6.45) is 0. The average Bonchev–Trinajstić information content (AvgIpc) is 2.91. The molecule has 0 saturated carbocycles. The van der Waals surface area contributed by atoms with Gasteiger partial charge in [0.2, 0.25) is 0 Å². The van der Waals surface area contributed by atoms with E-state index in [4.69, 9.17) is 11.6 Å². The molecular weight excluding hydrogens is 284 g/mol. The molecule has 0 spiro atoms. The molecule has 0 saturated heterocycles. The molecule has 1 heterocycles. The number of benzene rings is 2. The normalized spacial score (nSPS) is 10.8. The van der Waals surface area contributed by atoms with Gasteiger partial charge in [-0.3, -0.25) is 4.68 Å². The van der Waals surface area contributed by atoms with Gasteiger partial charge in [0.05, 0.1) is 24.5 Å². The highest BCUT2D eigenvalue weighted by Gasteiger charge is 2.10. The molecule has 1 N–H and O–H groups in total. The predicted molar refractivity (Wildman–Crippen MR) is 84.1 cm³/mol. The van der Waals surface area contributed by atoms with Crippen molar-refractivity contribution in [1.82, 2.24) is 9.78 Å². The molecule has 0 fully saturated rings. The molecule has 0 aliphatic carbocycles. The monoisotopic (exact) mass is 298 g/mol. The molecule has 0 aliphatic rings. The minimum Gasteiger partial charge on any atom is -0.390 e. The van der Waals surface area contributed by atoms with Gasteiger partial charge in [-0.15, -0.1) is 0 Å². The fraction of sp³-hybridized carbons (Fsp3) is 0.118. The second kappa shape index (κ2) is 6.12. The molecule has 0 bridgehead atoms. The maximum atomic E-state index is 9.34. The first-order chi connectivity index (χ1) is 10.3. The van der Waals surface area contributed by atoms with E-state index >= 15 is 0 Å². The van der Waals surface area contributed by atoms with Gasteiger partial charge in [0, 0.05) is 5.02 Å². The van der Waals surface area contributed by atoms with Gasteiger partial charge >= 0.3 is 0 Å². The van der Waals surface area contributed by atoms with Crippen molar-refractivity contribution in [3.05, 3.63) is 76.9 Å². The number of aromatic nitrogens is 2. The van der Waals surface area contributed by atoms with Crippen molar-refractivity contribution in [2.75, 3.05) is 0 Å². The fourth-order valence-electron chi connectivity index (χ4n) is 2.32. The van der Waals surface area contributed by atoms with E-state index in [1.165, 1.54) is 0 Å².